The second-order valence-corrected chi connectivity index (χ2v) is 6.61. The summed E-state index contributed by atoms with van der Waals surface area (Å²) in [7, 11) is -2.13. The maximum absolute atomic E-state index is 12.0. The van der Waals surface area contributed by atoms with Crippen molar-refractivity contribution in [3.05, 3.63) is 11.2 Å². The average Bonchev–Trinajstić information content (AvgIpc) is 2.44. The van der Waals surface area contributed by atoms with Gasteiger partial charge < -0.3 is 0 Å². The van der Waals surface area contributed by atoms with Crippen molar-refractivity contribution in [1.29, 1.82) is 0 Å². The maximum Gasteiger partial charge on any atom is 0.259 e. The van der Waals surface area contributed by atoms with Crippen molar-refractivity contribution >= 4 is 37.6 Å². The molecule has 92 valence electrons. The van der Waals surface area contributed by atoms with Crippen LogP contribution in [0.25, 0.3) is 0 Å². The third-order valence-corrected chi connectivity index (χ3v) is 5.45. The number of sulfonamides is 1. The van der Waals surface area contributed by atoms with E-state index >= 15 is 0 Å². The summed E-state index contributed by atoms with van der Waals surface area (Å²) in [6.45, 7) is 3.53. The van der Waals surface area contributed by atoms with Gasteiger partial charge in [0.2, 0.25) is 0 Å². The van der Waals surface area contributed by atoms with Crippen LogP contribution in [0.2, 0.25) is 5.02 Å². The van der Waals surface area contributed by atoms with E-state index in [1.165, 1.54) is 17.9 Å². The number of nitrogens with one attached hydrogen (secondary N) is 1. The highest BCUT2D eigenvalue weighted by molar-refractivity contribution is 9.09. The van der Waals surface area contributed by atoms with Crippen LogP contribution in [0.15, 0.2) is 11.2 Å². The molecule has 1 heterocycles. The Hall–Kier alpha value is -0.110. The van der Waals surface area contributed by atoms with Gasteiger partial charge in [-0.15, -0.1) is 0 Å². The molecule has 1 rings (SSSR count). The quantitative estimate of drug-likeness (QED) is 0.852. The van der Waals surface area contributed by atoms with E-state index in [0.29, 0.717) is 5.33 Å². The van der Waals surface area contributed by atoms with Crippen LogP contribution >= 0.6 is 27.5 Å². The van der Waals surface area contributed by atoms with E-state index in [4.69, 9.17) is 11.6 Å². The van der Waals surface area contributed by atoms with E-state index in [1.807, 2.05) is 0 Å². The van der Waals surface area contributed by atoms with Crippen LogP contribution in [0.3, 0.4) is 0 Å². The number of nitrogens with zero attached hydrogens (tertiary/aromatic N) is 2. The standard InChI is InChI=1S/C8H13BrClN3O2S/c1-8(2,5-9)12-16(14,15)7-6(10)4-11-13(7)3/h4,12H,5H2,1-3H3. The van der Waals surface area contributed by atoms with Gasteiger partial charge in [0.15, 0.2) is 5.03 Å². The summed E-state index contributed by atoms with van der Waals surface area (Å²) in [5.74, 6) is 0. The average molecular weight is 331 g/mol. The summed E-state index contributed by atoms with van der Waals surface area (Å²) in [6.07, 6.45) is 1.30. The van der Waals surface area contributed by atoms with Gasteiger partial charge in [-0.3, -0.25) is 4.68 Å². The molecule has 0 saturated heterocycles. The zero-order valence-corrected chi connectivity index (χ0v) is 12.3. The number of halogens is 2. The number of hydrogen-bond acceptors (Lipinski definition) is 3. The summed E-state index contributed by atoms with van der Waals surface area (Å²) in [5, 5.41) is 4.37. The minimum absolute atomic E-state index is 0.0248. The molecule has 0 bridgehead atoms. The van der Waals surface area contributed by atoms with Crippen molar-refractivity contribution in [3.63, 3.8) is 0 Å². The zero-order valence-electron chi connectivity index (χ0n) is 9.16. The number of aromatic nitrogens is 2. The topological polar surface area (TPSA) is 64.0 Å². The number of hydrogen-bond donors (Lipinski definition) is 1. The van der Waals surface area contributed by atoms with E-state index in [9.17, 15) is 8.42 Å². The Morgan fingerprint density at radius 2 is 2.19 bits per heavy atom. The van der Waals surface area contributed by atoms with Crippen LogP contribution < -0.4 is 4.72 Å². The van der Waals surface area contributed by atoms with Crippen molar-refractivity contribution in [1.82, 2.24) is 14.5 Å². The van der Waals surface area contributed by atoms with Gasteiger partial charge in [0.05, 0.1) is 11.2 Å². The third-order valence-electron chi connectivity index (χ3n) is 1.84. The smallest absolute Gasteiger partial charge is 0.255 e. The Morgan fingerprint density at radius 1 is 1.62 bits per heavy atom. The molecule has 16 heavy (non-hydrogen) atoms. The molecule has 1 aromatic heterocycles. The van der Waals surface area contributed by atoms with Gasteiger partial charge in [0.25, 0.3) is 10.0 Å². The minimum Gasteiger partial charge on any atom is -0.255 e. The molecular formula is C8H13BrClN3O2S. The number of aryl methyl sites for hydroxylation is 1. The Labute approximate surface area is 108 Å². The molecule has 0 amide bonds. The van der Waals surface area contributed by atoms with E-state index < -0.39 is 15.6 Å². The molecule has 0 radical (unpaired) electrons. The summed E-state index contributed by atoms with van der Waals surface area (Å²) >= 11 is 9.03. The first kappa shape index (κ1) is 14.0. The zero-order chi connectivity index (χ0) is 12.6. The summed E-state index contributed by atoms with van der Waals surface area (Å²) in [5.41, 5.74) is -0.591. The molecule has 8 heteroatoms. The fourth-order valence-corrected chi connectivity index (χ4v) is 3.54. The number of rotatable bonds is 4. The first-order valence-corrected chi connectivity index (χ1v) is 7.45. The van der Waals surface area contributed by atoms with Gasteiger partial charge in [-0.2, -0.15) is 5.10 Å². The highest BCUT2D eigenvalue weighted by atomic mass is 79.9. The lowest BCUT2D eigenvalue weighted by atomic mass is 10.1. The van der Waals surface area contributed by atoms with Gasteiger partial charge >= 0.3 is 0 Å². The van der Waals surface area contributed by atoms with Crippen LogP contribution in [0.1, 0.15) is 13.8 Å². The fourth-order valence-electron chi connectivity index (χ4n) is 1.14. The lowest BCUT2D eigenvalue weighted by molar-refractivity contribution is 0.493. The Morgan fingerprint density at radius 3 is 2.56 bits per heavy atom. The molecular weight excluding hydrogens is 318 g/mol. The first-order valence-electron chi connectivity index (χ1n) is 4.47. The second-order valence-electron chi connectivity index (χ2n) is 4.04. The van der Waals surface area contributed by atoms with Crippen LogP contribution in [0.4, 0.5) is 0 Å². The van der Waals surface area contributed by atoms with E-state index in [2.05, 4.69) is 25.8 Å². The van der Waals surface area contributed by atoms with Crippen molar-refractivity contribution in [3.8, 4) is 0 Å². The maximum atomic E-state index is 12.0. The van der Waals surface area contributed by atoms with E-state index in [-0.39, 0.29) is 10.0 Å². The lowest BCUT2D eigenvalue weighted by Crippen LogP contribution is -2.45. The molecule has 0 aliphatic carbocycles. The van der Waals surface area contributed by atoms with Gasteiger partial charge in [0, 0.05) is 17.9 Å². The van der Waals surface area contributed by atoms with E-state index in [1.54, 1.807) is 13.8 Å². The highest BCUT2D eigenvalue weighted by Crippen LogP contribution is 2.21. The van der Waals surface area contributed by atoms with Crippen LogP contribution in [-0.2, 0) is 17.1 Å². The lowest BCUT2D eigenvalue weighted by Gasteiger charge is -2.23. The Bertz CT molecular complexity index is 464. The normalized spacial score (nSPS) is 13.1. The van der Waals surface area contributed by atoms with Crippen LogP contribution in [0, 0.1) is 0 Å². The molecule has 1 N–H and O–H groups in total. The molecule has 1 aromatic rings. The minimum atomic E-state index is -3.66. The van der Waals surface area contributed by atoms with Gasteiger partial charge in [0.1, 0.15) is 0 Å². The molecule has 0 spiro atoms. The van der Waals surface area contributed by atoms with Crippen molar-refractivity contribution in [2.45, 2.75) is 24.4 Å². The molecule has 0 aromatic carbocycles. The third kappa shape index (κ3) is 2.97. The van der Waals surface area contributed by atoms with Gasteiger partial charge in [-0.1, -0.05) is 27.5 Å². The van der Waals surface area contributed by atoms with Gasteiger partial charge in [-0.25, -0.2) is 13.1 Å². The predicted molar refractivity (Wildman–Crippen MR) is 66.4 cm³/mol. The molecule has 5 nitrogen and oxygen atoms in total. The SMILES string of the molecule is Cn1ncc(Cl)c1S(=O)(=O)NC(C)(C)CBr. The van der Waals surface area contributed by atoms with Crippen molar-refractivity contribution < 1.29 is 8.42 Å². The van der Waals surface area contributed by atoms with Crippen LogP contribution in [0.5, 0.6) is 0 Å². The monoisotopic (exact) mass is 329 g/mol. The van der Waals surface area contributed by atoms with E-state index in [0.717, 1.165) is 0 Å². The van der Waals surface area contributed by atoms with Gasteiger partial charge in [-0.05, 0) is 13.8 Å². The Balaban J connectivity index is 3.14. The molecule has 0 unspecified atom stereocenters. The fraction of sp³-hybridized carbons (Fsp3) is 0.625. The molecule has 0 atom stereocenters. The summed E-state index contributed by atoms with van der Waals surface area (Å²) in [6, 6.07) is 0. The molecule has 0 saturated carbocycles. The first-order chi connectivity index (χ1) is 7.19. The largest absolute Gasteiger partial charge is 0.259 e. The number of alkyl halides is 1. The summed E-state index contributed by atoms with van der Waals surface area (Å²) in [4.78, 5) is 0. The second kappa shape index (κ2) is 4.64. The predicted octanol–water partition coefficient (Wildman–Crippen LogP) is 1.53. The van der Waals surface area contributed by atoms with Crippen molar-refractivity contribution in [2.75, 3.05) is 5.33 Å². The highest BCUT2D eigenvalue weighted by Gasteiger charge is 2.29. The van der Waals surface area contributed by atoms with Crippen molar-refractivity contribution in [2.24, 2.45) is 7.05 Å². The molecule has 0 aliphatic rings. The van der Waals surface area contributed by atoms with Crippen LogP contribution in [-0.4, -0.2) is 29.1 Å². The molecule has 0 fully saturated rings. The molecule has 0 aliphatic heterocycles. The summed E-state index contributed by atoms with van der Waals surface area (Å²) < 4.78 is 27.8. The Kier molecular flexibility index (Phi) is 4.04.